The number of rotatable bonds is 3. The van der Waals surface area contributed by atoms with E-state index < -0.39 is 6.36 Å². The van der Waals surface area contributed by atoms with Gasteiger partial charge in [-0.3, -0.25) is 0 Å². The van der Waals surface area contributed by atoms with Crippen molar-refractivity contribution in [1.82, 2.24) is 0 Å². The van der Waals surface area contributed by atoms with Crippen LogP contribution < -0.4 is 15.2 Å². The third kappa shape index (κ3) is 4.34. The maximum atomic E-state index is 12.0. The van der Waals surface area contributed by atoms with Gasteiger partial charge in [0.25, 0.3) is 0 Å². The van der Waals surface area contributed by atoms with Gasteiger partial charge in [0.15, 0.2) is 0 Å². The number of anilines is 1. The summed E-state index contributed by atoms with van der Waals surface area (Å²) >= 11 is 11.7. The zero-order valence-corrected chi connectivity index (χ0v) is 11.8. The SMILES string of the molecule is Nc1c(Cl)cc(Oc2ccc(OC(F)(F)F)cc2)cc1Cl. The molecule has 0 unspecified atom stereocenters. The van der Waals surface area contributed by atoms with Crippen LogP contribution in [0.1, 0.15) is 0 Å². The van der Waals surface area contributed by atoms with Gasteiger partial charge in [0.05, 0.1) is 15.7 Å². The summed E-state index contributed by atoms with van der Waals surface area (Å²) in [5.74, 6) is 0.258. The fourth-order valence-corrected chi connectivity index (χ4v) is 1.93. The highest BCUT2D eigenvalue weighted by Crippen LogP contribution is 2.35. The number of nitrogens with two attached hydrogens (primary N) is 1. The Kier molecular flexibility index (Phi) is 4.39. The van der Waals surface area contributed by atoms with Crippen LogP contribution in [0, 0.1) is 0 Å². The van der Waals surface area contributed by atoms with Crippen LogP contribution in [0.3, 0.4) is 0 Å². The number of ether oxygens (including phenoxy) is 2. The molecule has 0 aliphatic rings. The quantitative estimate of drug-likeness (QED) is 0.776. The van der Waals surface area contributed by atoms with Gasteiger partial charge in [0.1, 0.15) is 17.2 Å². The van der Waals surface area contributed by atoms with Crippen molar-refractivity contribution in [3.05, 3.63) is 46.4 Å². The lowest BCUT2D eigenvalue weighted by atomic mass is 10.3. The molecule has 112 valence electrons. The molecule has 0 atom stereocenters. The maximum Gasteiger partial charge on any atom is 0.573 e. The topological polar surface area (TPSA) is 44.5 Å². The van der Waals surface area contributed by atoms with Gasteiger partial charge in [-0.05, 0) is 24.3 Å². The zero-order chi connectivity index (χ0) is 15.6. The first kappa shape index (κ1) is 15.6. The lowest BCUT2D eigenvalue weighted by Gasteiger charge is -2.11. The van der Waals surface area contributed by atoms with Crippen molar-refractivity contribution < 1.29 is 22.6 Å². The number of hydrogen-bond acceptors (Lipinski definition) is 3. The van der Waals surface area contributed by atoms with E-state index in [0.717, 1.165) is 12.1 Å². The first-order valence-corrected chi connectivity index (χ1v) is 6.28. The molecule has 2 aromatic carbocycles. The molecule has 0 aliphatic heterocycles. The van der Waals surface area contributed by atoms with Crippen LogP contribution in [-0.4, -0.2) is 6.36 Å². The second-order valence-corrected chi connectivity index (χ2v) is 4.74. The highest BCUT2D eigenvalue weighted by atomic mass is 35.5. The summed E-state index contributed by atoms with van der Waals surface area (Å²) in [6.45, 7) is 0. The number of nitrogen functional groups attached to an aromatic ring is 1. The van der Waals surface area contributed by atoms with E-state index >= 15 is 0 Å². The minimum absolute atomic E-state index is 0.217. The largest absolute Gasteiger partial charge is 0.573 e. The van der Waals surface area contributed by atoms with E-state index in [0.29, 0.717) is 11.5 Å². The van der Waals surface area contributed by atoms with Crippen LogP contribution in [0.15, 0.2) is 36.4 Å². The average molecular weight is 338 g/mol. The predicted octanol–water partition coefficient (Wildman–Crippen LogP) is 5.27. The summed E-state index contributed by atoms with van der Waals surface area (Å²) in [7, 11) is 0. The molecule has 21 heavy (non-hydrogen) atoms. The van der Waals surface area contributed by atoms with Crippen molar-refractivity contribution in [3.63, 3.8) is 0 Å². The summed E-state index contributed by atoms with van der Waals surface area (Å²) in [6, 6.07) is 7.79. The van der Waals surface area contributed by atoms with E-state index in [-0.39, 0.29) is 21.5 Å². The van der Waals surface area contributed by atoms with Gasteiger partial charge in [0.2, 0.25) is 0 Å². The Morgan fingerprint density at radius 1 is 0.857 bits per heavy atom. The molecule has 2 N–H and O–H groups in total. The maximum absolute atomic E-state index is 12.0. The van der Waals surface area contributed by atoms with Crippen molar-refractivity contribution in [3.8, 4) is 17.2 Å². The Labute approximate surface area is 128 Å². The first-order chi connectivity index (χ1) is 9.74. The van der Waals surface area contributed by atoms with Crippen molar-refractivity contribution in [2.24, 2.45) is 0 Å². The highest BCUT2D eigenvalue weighted by Gasteiger charge is 2.30. The van der Waals surface area contributed by atoms with Gasteiger partial charge >= 0.3 is 6.36 Å². The molecule has 0 heterocycles. The Balaban J connectivity index is 2.14. The van der Waals surface area contributed by atoms with Gasteiger partial charge in [-0.25, -0.2) is 0 Å². The Morgan fingerprint density at radius 2 is 1.33 bits per heavy atom. The minimum Gasteiger partial charge on any atom is -0.457 e. The molecule has 0 amide bonds. The average Bonchev–Trinajstić information content (AvgIpc) is 2.36. The second-order valence-electron chi connectivity index (χ2n) is 3.92. The van der Waals surface area contributed by atoms with Crippen molar-refractivity contribution >= 4 is 28.9 Å². The minimum atomic E-state index is -4.74. The van der Waals surface area contributed by atoms with Gasteiger partial charge in [-0.2, -0.15) is 0 Å². The standard InChI is InChI=1S/C13H8Cl2F3NO2/c14-10-5-9(6-11(15)12(10)19)20-7-1-3-8(4-2-7)21-13(16,17)18/h1-6H,19H2. The predicted molar refractivity (Wildman–Crippen MR) is 74.1 cm³/mol. The second kappa shape index (κ2) is 5.91. The normalized spacial score (nSPS) is 11.3. The monoisotopic (exact) mass is 337 g/mol. The smallest absolute Gasteiger partial charge is 0.457 e. The summed E-state index contributed by atoms with van der Waals surface area (Å²) in [6.07, 6.45) is -4.74. The van der Waals surface area contributed by atoms with Gasteiger partial charge in [0, 0.05) is 12.1 Å². The molecule has 0 radical (unpaired) electrons. The van der Waals surface area contributed by atoms with E-state index in [1.54, 1.807) is 0 Å². The van der Waals surface area contributed by atoms with Crippen LogP contribution in [0.5, 0.6) is 17.2 Å². The van der Waals surface area contributed by atoms with E-state index in [1.165, 1.54) is 24.3 Å². The Morgan fingerprint density at radius 3 is 1.81 bits per heavy atom. The lowest BCUT2D eigenvalue weighted by Crippen LogP contribution is -2.16. The molecule has 0 bridgehead atoms. The van der Waals surface area contributed by atoms with Gasteiger partial charge in [-0.1, -0.05) is 23.2 Å². The van der Waals surface area contributed by atoms with E-state index in [4.69, 9.17) is 33.7 Å². The number of hydrogen-bond donors (Lipinski definition) is 1. The number of halogens is 5. The van der Waals surface area contributed by atoms with Gasteiger partial charge < -0.3 is 15.2 Å². The molecule has 2 rings (SSSR count). The van der Waals surface area contributed by atoms with Gasteiger partial charge in [-0.15, -0.1) is 13.2 Å². The molecule has 8 heteroatoms. The zero-order valence-electron chi connectivity index (χ0n) is 10.2. The molecule has 0 saturated heterocycles. The molecule has 0 aromatic heterocycles. The molecule has 0 spiro atoms. The Bertz CT molecular complexity index is 622. The molecule has 2 aromatic rings. The van der Waals surface area contributed by atoms with Crippen LogP contribution in [-0.2, 0) is 0 Å². The fraction of sp³-hybridized carbons (Fsp3) is 0.0769. The molecular weight excluding hydrogens is 330 g/mol. The van der Waals surface area contributed by atoms with Crippen LogP contribution in [0.2, 0.25) is 10.0 Å². The molecule has 0 aliphatic carbocycles. The third-order valence-electron chi connectivity index (χ3n) is 2.35. The molecule has 0 fully saturated rings. The molecular formula is C13H8Cl2F3NO2. The number of alkyl halides is 3. The lowest BCUT2D eigenvalue weighted by molar-refractivity contribution is -0.274. The van der Waals surface area contributed by atoms with Crippen LogP contribution in [0.25, 0.3) is 0 Å². The summed E-state index contributed by atoms with van der Waals surface area (Å²) in [4.78, 5) is 0. The van der Waals surface area contributed by atoms with Crippen molar-refractivity contribution in [2.75, 3.05) is 5.73 Å². The summed E-state index contributed by atoms with van der Waals surface area (Å²) in [5.41, 5.74) is 5.80. The van der Waals surface area contributed by atoms with E-state index in [2.05, 4.69) is 4.74 Å². The van der Waals surface area contributed by atoms with E-state index in [1.807, 2.05) is 0 Å². The third-order valence-corrected chi connectivity index (χ3v) is 2.97. The summed E-state index contributed by atoms with van der Waals surface area (Å²) in [5, 5.41) is 0.434. The number of benzene rings is 2. The van der Waals surface area contributed by atoms with Crippen molar-refractivity contribution in [1.29, 1.82) is 0 Å². The molecule has 0 saturated carbocycles. The Hall–Kier alpha value is -1.79. The highest BCUT2D eigenvalue weighted by molar-refractivity contribution is 6.39. The van der Waals surface area contributed by atoms with Crippen LogP contribution in [0.4, 0.5) is 18.9 Å². The fourth-order valence-electron chi connectivity index (χ4n) is 1.47. The van der Waals surface area contributed by atoms with E-state index in [9.17, 15) is 13.2 Å². The summed E-state index contributed by atoms with van der Waals surface area (Å²) < 4.78 is 45.2. The first-order valence-electron chi connectivity index (χ1n) is 5.53. The van der Waals surface area contributed by atoms with Crippen molar-refractivity contribution in [2.45, 2.75) is 6.36 Å². The van der Waals surface area contributed by atoms with Crippen LogP contribution >= 0.6 is 23.2 Å². The molecule has 3 nitrogen and oxygen atoms in total.